The number of urea groups is 1. The minimum Gasteiger partial charge on any atom is -0.383 e. The molecule has 6 nitrogen and oxygen atoms in total. The van der Waals surface area contributed by atoms with E-state index in [9.17, 15) is 9.59 Å². The van der Waals surface area contributed by atoms with Gasteiger partial charge in [-0.2, -0.15) is 0 Å². The molecule has 0 bridgehead atoms. The van der Waals surface area contributed by atoms with Crippen molar-refractivity contribution in [3.05, 3.63) is 0 Å². The molecule has 23 heavy (non-hydrogen) atoms. The van der Waals surface area contributed by atoms with Gasteiger partial charge >= 0.3 is 6.03 Å². The Labute approximate surface area is 145 Å². The molecule has 3 amide bonds. The van der Waals surface area contributed by atoms with Gasteiger partial charge in [0.25, 0.3) is 5.91 Å². The van der Waals surface area contributed by atoms with Crippen LogP contribution in [0.2, 0.25) is 0 Å². The Morgan fingerprint density at radius 3 is 2.52 bits per heavy atom. The van der Waals surface area contributed by atoms with Crippen LogP contribution in [0.1, 0.15) is 39.5 Å². The SMILES string of the molecule is COCCN1C(=O)NC(CCC(C)C)(C2CCNCC2)C1=O.Cl. The van der Waals surface area contributed by atoms with Crippen LogP contribution in [0, 0.1) is 11.8 Å². The molecule has 0 spiro atoms. The van der Waals surface area contributed by atoms with E-state index in [1.165, 1.54) is 4.90 Å². The molecule has 2 heterocycles. The summed E-state index contributed by atoms with van der Waals surface area (Å²) in [4.78, 5) is 26.7. The minimum absolute atomic E-state index is 0. The molecule has 1 atom stereocenters. The van der Waals surface area contributed by atoms with Crippen molar-refractivity contribution in [1.82, 2.24) is 15.5 Å². The van der Waals surface area contributed by atoms with Crippen molar-refractivity contribution >= 4 is 24.3 Å². The maximum absolute atomic E-state index is 13.0. The molecule has 134 valence electrons. The van der Waals surface area contributed by atoms with Crippen molar-refractivity contribution in [3.8, 4) is 0 Å². The van der Waals surface area contributed by atoms with Crippen molar-refractivity contribution in [2.45, 2.75) is 45.1 Å². The summed E-state index contributed by atoms with van der Waals surface area (Å²) in [7, 11) is 1.58. The van der Waals surface area contributed by atoms with E-state index in [0.717, 1.165) is 38.8 Å². The number of nitrogens with one attached hydrogen (secondary N) is 2. The zero-order valence-corrected chi connectivity index (χ0v) is 15.2. The summed E-state index contributed by atoms with van der Waals surface area (Å²) in [6.45, 7) is 6.84. The molecule has 0 aliphatic carbocycles. The first kappa shape index (κ1) is 20.2. The Bertz CT molecular complexity index is 413. The van der Waals surface area contributed by atoms with Crippen LogP contribution < -0.4 is 10.6 Å². The lowest BCUT2D eigenvalue weighted by molar-refractivity contribution is -0.134. The summed E-state index contributed by atoms with van der Waals surface area (Å²) < 4.78 is 5.03. The highest BCUT2D eigenvalue weighted by Crippen LogP contribution is 2.36. The van der Waals surface area contributed by atoms with Crippen molar-refractivity contribution in [2.75, 3.05) is 33.4 Å². The van der Waals surface area contributed by atoms with Crippen molar-refractivity contribution < 1.29 is 14.3 Å². The quantitative estimate of drug-likeness (QED) is 0.689. The van der Waals surface area contributed by atoms with Gasteiger partial charge in [0, 0.05) is 7.11 Å². The molecular weight excluding hydrogens is 318 g/mol. The first-order chi connectivity index (χ1) is 10.5. The molecule has 2 aliphatic heterocycles. The Hall–Kier alpha value is -0.850. The molecule has 0 aromatic rings. The van der Waals surface area contributed by atoms with E-state index in [2.05, 4.69) is 24.5 Å². The molecule has 0 aromatic carbocycles. The maximum atomic E-state index is 13.0. The molecule has 1 unspecified atom stereocenters. The lowest BCUT2D eigenvalue weighted by Gasteiger charge is -2.38. The van der Waals surface area contributed by atoms with E-state index in [0.29, 0.717) is 19.1 Å². The molecule has 0 saturated carbocycles. The van der Waals surface area contributed by atoms with Crippen molar-refractivity contribution in [1.29, 1.82) is 0 Å². The Morgan fingerprint density at radius 2 is 1.96 bits per heavy atom. The molecular formula is C16H30ClN3O3. The second-order valence-electron chi connectivity index (χ2n) is 6.81. The first-order valence-corrected chi connectivity index (χ1v) is 8.35. The standard InChI is InChI=1S/C16H29N3O3.ClH/c1-12(2)4-7-16(13-5-8-17-9-6-13)14(20)19(10-11-22-3)15(21)18-16;/h12-13,17H,4-11H2,1-3H3,(H,18,21);1H. The summed E-state index contributed by atoms with van der Waals surface area (Å²) in [5.41, 5.74) is -0.711. The van der Waals surface area contributed by atoms with Crippen LogP contribution in [0.5, 0.6) is 0 Å². The average Bonchev–Trinajstić information content (AvgIpc) is 2.76. The van der Waals surface area contributed by atoms with Crippen LogP contribution in [-0.2, 0) is 9.53 Å². The fourth-order valence-corrected chi connectivity index (χ4v) is 3.51. The number of carbonyl (C=O) groups excluding carboxylic acids is 2. The Balaban J connectivity index is 0.00000264. The van der Waals surface area contributed by atoms with E-state index in [1.807, 2.05) is 0 Å². The van der Waals surface area contributed by atoms with Gasteiger partial charge in [-0.3, -0.25) is 9.69 Å². The van der Waals surface area contributed by atoms with Crippen LogP contribution >= 0.6 is 12.4 Å². The van der Waals surface area contributed by atoms with Crippen LogP contribution in [0.15, 0.2) is 0 Å². The van der Waals surface area contributed by atoms with Gasteiger partial charge in [0.05, 0.1) is 13.2 Å². The predicted octanol–water partition coefficient (Wildman–Crippen LogP) is 1.78. The van der Waals surface area contributed by atoms with E-state index < -0.39 is 5.54 Å². The molecule has 0 aromatic heterocycles. The summed E-state index contributed by atoms with van der Waals surface area (Å²) >= 11 is 0. The Kier molecular flexibility index (Phi) is 7.77. The lowest BCUT2D eigenvalue weighted by atomic mass is 9.74. The number of nitrogens with zero attached hydrogens (tertiary/aromatic N) is 1. The Morgan fingerprint density at radius 1 is 1.30 bits per heavy atom. The number of piperidine rings is 1. The van der Waals surface area contributed by atoms with Gasteiger partial charge in [-0.15, -0.1) is 12.4 Å². The monoisotopic (exact) mass is 347 g/mol. The third-order valence-electron chi connectivity index (χ3n) is 4.87. The fourth-order valence-electron chi connectivity index (χ4n) is 3.51. The van der Waals surface area contributed by atoms with Crippen molar-refractivity contribution in [2.24, 2.45) is 11.8 Å². The molecule has 2 N–H and O–H groups in total. The molecule has 2 saturated heterocycles. The fraction of sp³-hybridized carbons (Fsp3) is 0.875. The normalized spacial score (nSPS) is 25.7. The zero-order chi connectivity index (χ0) is 16.2. The highest BCUT2D eigenvalue weighted by atomic mass is 35.5. The van der Waals surface area contributed by atoms with Gasteiger partial charge in [0.15, 0.2) is 0 Å². The summed E-state index contributed by atoms with van der Waals surface area (Å²) in [6, 6.07) is -0.260. The molecule has 2 rings (SSSR count). The van der Waals surface area contributed by atoms with Gasteiger partial charge in [0.2, 0.25) is 0 Å². The van der Waals surface area contributed by atoms with Gasteiger partial charge < -0.3 is 15.4 Å². The number of hydrogen-bond donors (Lipinski definition) is 2. The van der Waals surface area contributed by atoms with Gasteiger partial charge in [-0.25, -0.2) is 4.79 Å². The topological polar surface area (TPSA) is 70.7 Å². The van der Waals surface area contributed by atoms with Gasteiger partial charge in [-0.05, 0) is 50.6 Å². The summed E-state index contributed by atoms with van der Waals surface area (Å²) in [6.07, 6.45) is 3.53. The number of rotatable bonds is 7. The molecule has 0 radical (unpaired) electrons. The zero-order valence-electron chi connectivity index (χ0n) is 14.4. The second-order valence-corrected chi connectivity index (χ2v) is 6.81. The summed E-state index contributed by atoms with van der Waals surface area (Å²) in [5.74, 6) is 0.676. The lowest BCUT2D eigenvalue weighted by Crippen LogP contribution is -2.56. The third-order valence-corrected chi connectivity index (χ3v) is 4.87. The summed E-state index contributed by atoms with van der Waals surface area (Å²) in [5, 5.41) is 6.39. The number of imide groups is 1. The third kappa shape index (κ3) is 4.37. The molecule has 2 aliphatic rings. The highest BCUT2D eigenvalue weighted by Gasteiger charge is 2.54. The second kappa shape index (κ2) is 8.85. The average molecular weight is 348 g/mol. The van der Waals surface area contributed by atoms with E-state index >= 15 is 0 Å². The minimum atomic E-state index is -0.711. The predicted molar refractivity (Wildman–Crippen MR) is 91.8 cm³/mol. The number of hydrogen-bond acceptors (Lipinski definition) is 4. The smallest absolute Gasteiger partial charge is 0.325 e. The van der Waals surface area contributed by atoms with Crippen LogP contribution in [0.3, 0.4) is 0 Å². The highest BCUT2D eigenvalue weighted by molar-refractivity contribution is 6.07. The van der Waals surface area contributed by atoms with Crippen LogP contribution in [0.25, 0.3) is 0 Å². The largest absolute Gasteiger partial charge is 0.383 e. The van der Waals surface area contributed by atoms with E-state index in [4.69, 9.17) is 4.74 Å². The number of amides is 3. The number of methoxy groups -OCH3 is 1. The van der Waals surface area contributed by atoms with Gasteiger partial charge in [-0.1, -0.05) is 13.8 Å². The van der Waals surface area contributed by atoms with E-state index in [1.54, 1.807) is 7.11 Å². The first-order valence-electron chi connectivity index (χ1n) is 8.35. The van der Waals surface area contributed by atoms with Gasteiger partial charge in [0.1, 0.15) is 5.54 Å². The maximum Gasteiger partial charge on any atom is 0.325 e. The van der Waals surface area contributed by atoms with Crippen LogP contribution in [0.4, 0.5) is 4.79 Å². The van der Waals surface area contributed by atoms with Crippen LogP contribution in [-0.4, -0.2) is 55.7 Å². The molecule has 7 heteroatoms. The molecule has 2 fully saturated rings. The number of halogens is 1. The van der Waals surface area contributed by atoms with Crippen molar-refractivity contribution in [3.63, 3.8) is 0 Å². The number of carbonyl (C=O) groups is 2. The van der Waals surface area contributed by atoms with E-state index in [-0.39, 0.29) is 30.3 Å². The number of ether oxygens (including phenoxy) is 1.